The molecule has 0 saturated carbocycles. The molecular formula is C26H24FN7O2. The van der Waals surface area contributed by atoms with Gasteiger partial charge < -0.3 is 9.64 Å². The highest BCUT2D eigenvalue weighted by Crippen LogP contribution is 2.34. The quantitative estimate of drug-likeness (QED) is 0.474. The van der Waals surface area contributed by atoms with E-state index in [2.05, 4.69) is 44.3 Å². The number of hydrogen-bond acceptors (Lipinski definition) is 7. The summed E-state index contributed by atoms with van der Waals surface area (Å²) in [6.45, 7) is 1.96. The van der Waals surface area contributed by atoms with Crippen LogP contribution in [0.5, 0.6) is 5.75 Å². The molecule has 36 heavy (non-hydrogen) atoms. The van der Waals surface area contributed by atoms with Gasteiger partial charge in [-0.2, -0.15) is 20.1 Å². The molecule has 0 radical (unpaired) electrons. The topological polar surface area (TPSA) is 103 Å². The lowest BCUT2D eigenvalue weighted by molar-refractivity contribution is 0.212. The largest absolute Gasteiger partial charge is 0.494 e. The molecule has 0 aliphatic carbocycles. The van der Waals surface area contributed by atoms with Crippen LogP contribution in [0.15, 0.2) is 47.3 Å². The lowest BCUT2D eigenvalue weighted by atomic mass is 10.1. The maximum atomic E-state index is 15.0. The number of piperazine rings is 1. The number of anilines is 1. The third-order valence-corrected chi connectivity index (χ3v) is 7.37. The van der Waals surface area contributed by atoms with E-state index in [9.17, 15) is 9.18 Å². The Hall–Kier alpha value is -4.23. The van der Waals surface area contributed by atoms with Gasteiger partial charge in [-0.1, -0.05) is 12.1 Å². The van der Waals surface area contributed by atoms with Crippen LogP contribution in [-0.2, 0) is 0 Å². The summed E-state index contributed by atoms with van der Waals surface area (Å²) in [4.78, 5) is 17.8. The SMILES string of the molecule is COc1cc(C#N)cc(F)c1-n1nc2c(-c3cccc(N4CC5CCC(C4)N5C)c3)n[nH]c2cc1=O. The Bertz CT molecular complexity index is 1570. The molecule has 2 aromatic heterocycles. The average molecular weight is 486 g/mol. The number of fused-ring (bicyclic) bond motifs is 3. The van der Waals surface area contributed by atoms with Gasteiger partial charge in [-0.15, -0.1) is 0 Å². The Kier molecular flexibility index (Phi) is 5.23. The van der Waals surface area contributed by atoms with E-state index in [1.807, 2.05) is 18.2 Å². The number of aromatic amines is 1. The molecule has 6 rings (SSSR count). The standard InChI is InChI=1S/C26H24FN7O2/c1-32-18-6-7-19(32)14-33(13-18)17-5-3-4-16(10-17)24-25-21(29-30-24)11-23(35)34(31-25)26-20(27)8-15(12-28)9-22(26)36-2/h3-5,8-11,18-19,29H,6-7,13-14H2,1-2H3. The summed E-state index contributed by atoms with van der Waals surface area (Å²) in [7, 11) is 3.56. The molecule has 2 aliphatic heterocycles. The van der Waals surface area contributed by atoms with Gasteiger partial charge in [-0.3, -0.25) is 14.8 Å². The van der Waals surface area contributed by atoms with Crippen LogP contribution in [0.1, 0.15) is 18.4 Å². The van der Waals surface area contributed by atoms with Crippen molar-refractivity contribution in [3.63, 3.8) is 0 Å². The second-order valence-corrected chi connectivity index (χ2v) is 9.36. The maximum absolute atomic E-state index is 15.0. The number of rotatable bonds is 4. The van der Waals surface area contributed by atoms with Crippen molar-refractivity contribution in [3.05, 3.63) is 64.2 Å². The summed E-state index contributed by atoms with van der Waals surface area (Å²) in [6, 6.07) is 14.9. The van der Waals surface area contributed by atoms with E-state index < -0.39 is 11.4 Å². The molecule has 182 valence electrons. The third kappa shape index (κ3) is 3.51. The van der Waals surface area contributed by atoms with Gasteiger partial charge in [0.25, 0.3) is 5.56 Å². The van der Waals surface area contributed by atoms with Crippen molar-refractivity contribution >= 4 is 16.7 Å². The van der Waals surface area contributed by atoms with Crippen LogP contribution in [-0.4, -0.2) is 64.2 Å². The molecule has 2 fully saturated rings. The maximum Gasteiger partial charge on any atom is 0.273 e. The average Bonchev–Trinajstić information content (AvgIpc) is 3.36. The Balaban J connectivity index is 1.43. The van der Waals surface area contributed by atoms with Gasteiger partial charge in [-0.25, -0.2) is 4.39 Å². The van der Waals surface area contributed by atoms with Crippen LogP contribution in [0.4, 0.5) is 10.1 Å². The van der Waals surface area contributed by atoms with Gasteiger partial charge in [-0.05, 0) is 38.1 Å². The number of H-pyrrole nitrogens is 1. The van der Waals surface area contributed by atoms with Crippen molar-refractivity contribution < 1.29 is 9.13 Å². The summed E-state index contributed by atoms with van der Waals surface area (Å²) in [5, 5.41) is 21.0. The lowest BCUT2D eigenvalue weighted by Gasteiger charge is -2.40. The van der Waals surface area contributed by atoms with Crippen LogP contribution in [0.2, 0.25) is 0 Å². The fraction of sp³-hybridized carbons (Fsp3) is 0.308. The van der Waals surface area contributed by atoms with Crippen molar-refractivity contribution in [2.75, 3.05) is 32.1 Å². The molecule has 2 saturated heterocycles. The smallest absolute Gasteiger partial charge is 0.273 e. The molecule has 1 N–H and O–H groups in total. The van der Waals surface area contributed by atoms with Crippen LogP contribution in [0, 0.1) is 17.1 Å². The number of methoxy groups -OCH3 is 1. The van der Waals surface area contributed by atoms with E-state index in [0.29, 0.717) is 28.8 Å². The molecule has 10 heteroatoms. The Morgan fingerprint density at radius 3 is 2.67 bits per heavy atom. The summed E-state index contributed by atoms with van der Waals surface area (Å²) in [5.74, 6) is -0.742. The normalized spacial score (nSPS) is 19.6. The monoisotopic (exact) mass is 485 g/mol. The molecule has 4 aromatic rings. The summed E-state index contributed by atoms with van der Waals surface area (Å²) >= 11 is 0. The number of likely N-dealkylation sites (N-methyl/N-ethyl adjacent to an activating group) is 1. The second kappa shape index (κ2) is 8.46. The second-order valence-electron chi connectivity index (χ2n) is 9.36. The first-order valence-corrected chi connectivity index (χ1v) is 11.8. The number of aromatic nitrogens is 4. The van der Waals surface area contributed by atoms with Gasteiger partial charge in [0.05, 0.1) is 24.3 Å². The van der Waals surface area contributed by atoms with Crippen molar-refractivity contribution in [2.24, 2.45) is 0 Å². The number of nitrogens with one attached hydrogen (secondary N) is 1. The summed E-state index contributed by atoms with van der Waals surface area (Å²) in [5.41, 5.74) is 2.76. The fourth-order valence-electron chi connectivity index (χ4n) is 5.42. The molecule has 0 amide bonds. The minimum absolute atomic E-state index is 0.0391. The van der Waals surface area contributed by atoms with Gasteiger partial charge in [0, 0.05) is 48.6 Å². The molecule has 2 aliphatic rings. The number of hydrogen-bond donors (Lipinski definition) is 1. The highest BCUT2D eigenvalue weighted by molar-refractivity contribution is 5.89. The Morgan fingerprint density at radius 1 is 1.17 bits per heavy atom. The van der Waals surface area contributed by atoms with E-state index in [1.54, 1.807) is 0 Å². The van der Waals surface area contributed by atoms with Gasteiger partial charge >= 0.3 is 0 Å². The van der Waals surface area contributed by atoms with Crippen molar-refractivity contribution in [3.8, 4) is 28.8 Å². The molecule has 2 atom stereocenters. The Labute approximate surface area is 206 Å². The molecule has 9 nitrogen and oxygen atoms in total. The van der Waals surface area contributed by atoms with Crippen LogP contribution >= 0.6 is 0 Å². The molecule has 4 heterocycles. The van der Waals surface area contributed by atoms with Gasteiger partial charge in [0.1, 0.15) is 22.6 Å². The van der Waals surface area contributed by atoms with E-state index in [-0.39, 0.29) is 17.0 Å². The minimum Gasteiger partial charge on any atom is -0.494 e. The van der Waals surface area contributed by atoms with Crippen molar-refractivity contribution in [2.45, 2.75) is 24.9 Å². The molecular weight excluding hydrogens is 461 g/mol. The number of nitrogens with zero attached hydrogens (tertiary/aromatic N) is 6. The predicted octanol–water partition coefficient (Wildman–Crippen LogP) is 3.08. The number of halogens is 1. The highest BCUT2D eigenvalue weighted by atomic mass is 19.1. The Morgan fingerprint density at radius 2 is 1.94 bits per heavy atom. The first-order valence-electron chi connectivity index (χ1n) is 11.8. The number of benzene rings is 2. The van der Waals surface area contributed by atoms with Crippen molar-refractivity contribution in [1.29, 1.82) is 5.26 Å². The van der Waals surface area contributed by atoms with E-state index in [0.717, 1.165) is 35.1 Å². The lowest BCUT2D eigenvalue weighted by Crippen LogP contribution is -2.52. The summed E-state index contributed by atoms with van der Waals surface area (Å²) < 4.78 is 21.2. The first-order chi connectivity index (χ1) is 17.5. The third-order valence-electron chi connectivity index (χ3n) is 7.37. The first kappa shape index (κ1) is 22.2. The zero-order chi connectivity index (χ0) is 25.0. The highest BCUT2D eigenvalue weighted by Gasteiger charge is 2.37. The van der Waals surface area contributed by atoms with E-state index >= 15 is 0 Å². The van der Waals surface area contributed by atoms with Crippen LogP contribution in [0.25, 0.3) is 28.0 Å². The molecule has 2 unspecified atom stereocenters. The van der Waals surface area contributed by atoms with E-state index in [4.69, 9.17) is 10.00 Å². The van der Waals surface area contributed by atoms with Crippen LogP contribution in [0.3, 0.4) is 0 Å². The van der Waals surface area contributed by atoms with Crippen LogP contribution < -0.4 is 15.2 Å². The molecule has 2 aromatic carbocycles. The predicted molar refractivity (Wildman–Crippen MR) is 133 cm³/mol. The van der Waals surface area contributed by atoms with Gasteiger partial charge in [0.2, 0.25) is 0 Å². The molecule has 0 spiro atoms. The van der Waals surface area contributed by atoms with Gasteiger partial charge in [0.15, 0.2) is 5.82 Å². The number of nitriles is 1. The minimum atomic E-state index is -0.781. The number of ether oxygens (including phenoxy) is 1. The molecule has 2 bridgehead atoms. The van der Waals surface area contributed by atoms with Crippen molar-refractivity contribution in [1.82, 2.24) is 24.9 Å². The zero-order valence-corrected chi connectivity index (χ0v) is 19.9. The van der Waals surface area contributed by atoms with E-state index in [1.165, 1.54) is 32.1 Å². The summed E-state index contributed by atoms with van der Waals surface area (Å²) in [6.07, 6.45) is 2.44. The fourth-order valence-corrected chi connectivity index (χ4v) is 5.42. The zero-order valence-electron chi connectivity index (χ0n) is 19.9.